The highest BCUT2D eigenvalue weighted by Crippen LogP contribution is 2.43. The smallest absolute Gasteiger partial charge is 0.220 e. The van der Waals surface area contributed by atoms with E-state index in [-0.39, 0.29) is 18.1 Å². The SMILES string of the molecule is CCOc1cc([C@@H](C[N+](=O)[O-])Sc2nnc(C)n2-c2ccc(C)cc2)cc(Br)c1OCc1ccc(Cl)cc1Cl. The molecule has 0 aliphatic rings. The monoisotopic (exact) mass is 650 g/mol. The van der Waals surface area contributed by atoms with Crippen molar-refractivity contribution in [2.75, 3.05) is 13.2 Å². The highest BCUT2D eigenvalue weighted by molar-refractivity contribution is 9.10. The minimum Gasteiger partial charge on any atom is -0.490 e. The summed E-state index contributed by atoms with van der Waals surface area (Å²) in [7, 11) is 0. The standard InChI is InChI=1S/C27H25BrCl2N4O4S/c1-4-37-24-12-19(11-22(28)26(24)38-15-18-7-8-20(29)13-23(18)30)25(14-33(35)36)39-27-32-31-17(3)34(27)21-9-5-16(2)6-10-21/h5-13,25H,4,14-15H2,1-3H3/t25-/m1/s1. The zero-order chi connectivity index (χ0) is 28.1. The number of aryl methyl sites for hydroxylation is 2. The van der Waals surface area contributed by atoms with Gasteiger partial charge in [-0.15, -0.1) is 10.2 Å². The van der Waals surface area contributed by atoms with Gasteiger partial charge in [0, 0.05) is 26.2 Å². The van der Waals surface area contributed by atoms with Crippen molar-refractivity contribution >= 4 is 50.9 Å². The number of hydrogen-bond acceptors (Lipinski definition) is 7. The molecule has 0 aliphatic heterocycles. The number of halogens is 3. The van der Waals surface area contributed by atoms with Crippen molar-refractivity contribution < 1.29 is 14.4 Å². The fraction of sp³-hybridized carbons (Fsp3) is 0.259. The van der Waals surface area contributed by atoms with Gasteiger partial charge in [0.05, 0.1) is 11.1 Å². The van der Waals surface area contributed by atoms with Gasteiger partial charge in [-0.2, -0.15) is 0 Å². The predicted octanol–water partition coefficient (Wildman–Crippen LogP) is 8.04. The Kier molecular flexibility index (Phi) is 9.76. The van der Waals surface area contributed by atoms with Crippen LogP contribution in [-0.2, 0) is 6.61 Å². The van der Waals surface area contributed by atoms with Gasteiger partial charge in [-0.3, -0.25) is 14.7 Å². The van der Waals surface area contributed by atoms with E-state index >= 15 is 0 Å². The van der Waals surface area contributed by atoms with Crippen LogP contribution in [0.15, 0.2) is 64.2 Å². The Hall–Kier alpha value is -2.79. The Morgan fingerprint density at radius 3 is 2.49 bits per heavy atom. The van der Waals surface area contributed by atoms with Gasteiger partial charge < -0.3 is 9.47 Å². The van der Waals surface area contributed by atoms with E-state index in [9.17, 15) is 10.1 Å². The van der Waals surface area contributed by atoms with Crippen LogP contribution in [0.4, 0.5) is 0 Å². The number of nitrogens with zero attached hydrogens (tertiary/aromatic N) is 4. The van der Waals surface area contributed by atoms with Crippen molar-refractivity contribution in [3.8, 4) is 17.2 Å². The first-order valence-corrected chi connectivity index (χ1v) is 14.4. The van der Waals surface area contributed by atoms with E-state index in [0.717, 1.165) is 16.8 Å². The van der Waals surface area contributed by atoms with Gasteiger partial charge in [-0.25, -0.2) is 0 Å². The summed E-state index contributed by atoms with van der Waals surface area (Å²) in [5, 5.41) is 21.3. The number of rotatable bonds is 11. The summed E-state index contributed by atoms with van der Waals surface area (Å²) in [6.07, 6.45) is 0. The summed E-state index contributed by atoms with van der Waals surface area (Å²) >= 11 is 17.2. The second kappa shape index (κ2) is 13.0. The molecule has 1 heterocycles. The molecule has 4 rings (SSSR count). The Morgan fingerprint density at radius 2 is 1.82 bits per heavy atom. The summed E-state index contributed by atoms with van der Waals surface area (Å²) in [4.78, 5) is 11.4. The average Bonchev–Trinajstić information content (AvgIpc) is 3.24. The molecule has 3 aromatic carbocycles. The van der Waals surface area contributed by atoms with Gasteiger partial charge in [-0.05, 0) is 78.7 Å². The van der Waals surface area contributed by atoms with Crippen LogP contribution in [0.5, 0.6) is 11.5 Å². The van der Waals surface area contributed by atoms with Crippen LogP contribution in [0.2, 0.25) is 10.0 Å². The maximum absolute atomic E-state index is 11.7. The van der Waals surface area contributed by atoms with Gasteiger partial charge in [0.1, 0.15) is 17.7 Å². The second-order valence-corrected chi connectivity index (χ2v) is 11.5. The zero-order valence-electron chi connectivity index (χ0n) is 21.4. The third kappa shape index (κ3) is 7.25. The molecule has 12 heteroatoms. The van der Waals surface area contributed by atoms with E-state index in [1.54, 1.807) is 24.3 Å². The maximum Gasteiger partial charge on any atom is 0.220 e. The zero-order valence-corrected chi connectivity index (χ0v) is 25.3. The molecule has 0 N–H and O–H groups in total. The first-order valence-electron chi connectivity index (χ1n) is 12.0. The van der Waals surface area contributed by atoms with E-state index in [0.29, 0.717) is 49.2 Å². The van der Waals surface area contributed by atoms with Gasteiger partial charge in [0.2, 0.25) is 6.54 Å². The molecule has 0 fully saturated rings. The van der Waals surface area contributed by atoms with Crippen LogP contribution in [-0.4, -0.2) is 32.8 Å². The lowest BCUT2D eigenvalue weighted by Crippen LogP contribution is -2.12. The first kappa shape index (κ1) is 29.2. The molecule has 4 aromatic rings. The highest BCUT2D eigenvalue weighted by Gasteiger charge is 2.26. The summed E-state index contributed by atoms with van der Waals surface area (Å²) in [5.41, 5.74) is 3.44. The van der Waals surface area contributed by atoms with E-state index in [1.807, 2.05) is 55.7 Å². The fourth-order valence-corrected chi connectivity index (χ4v) is 6.04. The minimum absolute atomic E-state index is 0.181. The van der Waals surface area contributed by atoms with Crippen molar-refractivity contribution in [3.63, 3.8) is 0 Å². The minimum atomic E-state index is -0.580. The van der Waals surface area contributed by atoms with Crippen LogP contribution in [0.25, 0.3) is 5.69 Å². The molecule has 0 unspecified atom stereocenters. The molecular weight excluding hydrogens is 627 g/mol. The number of thioether (sulfide) groups is 1. The van der Waals surface area contributed by atoms with E-state index in [4.69, 9.17) is 32.7 Å². The molecule has 1 aromatic heterocycles. The largest absolute Gasteiger partial charge is 0.490 e. The van der Waals surface area contributed by atoms with E-state index < -0.39 is 5.25 Å². The maximum atomic E-state index is 11.7. The lowest BCUT2D eigenvalue weighted by molar-refractivity contribution is -0.479. The molecule has 0 spiro atoms. The van der Waals surface area contributed by atoms with Gasteiger partial charge >= 0.3 is 0 Å². The molecule has 39 heavy (non-hydrogen) atoms. The van der Waals surface area contributed by atoms with Crippen molar-refractivity contribution in [3.05, 3.63) is 102 Å². The number of ether oxygens (including phenoxy) is 2. The molecular formula is C27H25BrCl2N4O4S. The third-order valence-electron chi connectivity index (χ3n) is 5.74. The summed E-state index contributed by atoms with van der Waals surface area (Å²) in [5.74, 6) is 1.61. The molecule has 0 aliphatic carbocycles. The van der Waals surface area contributed by atoms with Crippen LogP contribution in [0.1, 0.15) is 34.7 Å². The summed E-state index contributed by atoms with van der Waals surface area (Å²) in [6, 6.07) is 16.7. The quantitative estimate of drug-likeness (QED) is 0.0920. The predicted molar refractivity (Wildman–Crippen MR) is 157 cm³/mol. The Labute approximate surface area is 248 Å². The third-order valence-corrected chi connectivity index (χ3v) is 8.10. The van der Waals surface area contributed by atoms with Crippen molar-refractivity contribution in [1.82, 2.24) is 14.8 Å². The molecule has 0 saturated carbocycles. The normalized spacial score (nSPS) is 11.8. The number of aromatic nitrogens is 3. The molecule has 204 valence electrons. The molecule has 0 saturated heterocycles. The molecule has 0 amide bonds. The Morgan fingerprint density at radius 1 is 1.08 bits per heavy atom. The first-order chi connectivity index (χ1) is 18.7. The van der Waals surface area contributed by atoms with Crippen LogP contribution in [0, 0.1) is 24.0 Å². The van der Waals surface area contributed by atoms with Crippen molar-refractivity contribution in [1.29, 1.82) is 0 Å². The fourth-order valence-electron chi connectivity index (χ4n) is 3.85. The molecule has 1 atom stereocenters. The Bertz CT molecular complexity index is 1480. The summed E-state index contributed by atoms with van der Waals surface area (Å²) in [6.45, 7) is 5.95. The average molecular weight is 652 g/mol. The lowest BCUT2D eigenvalue weighted by Gasteiger charge is -2.19. The van der Waals surface area contributed by atoms with E-state index in [1.165, 1.54) is 11.8 Å². The molecule has 0 radical (unpaired) electrons. The van der Waals surface area contributed by atoms with Gasteiger partial charge in [0.15, 0.2) is 16.7 Å². The lowest BCUT2D eigenvalue weighted by atomic mass is 10.1. The van der Waals surface area contributed by atoms with Crippen LogP contribution in [0.3, 0.4) is 0 Å². The molecule has 0 bridgehead atoms. The number of hydrogen-bond donors (Lipinski definition) is 0. The topological polar surface area (TPSA) is 92.3 Å². The second-order valence-electron chi connectivity index (χ2n) is 8.61. The highest BCUT2D eigenvalue weighted by atomic mass is 79.9. The van der Waals surface area contributed by atoms with E-state index in [2.05, 4.69) is 26.1 Å². The summed E-state index contributed by atoms with van der Waals surface area (Å²) < 4.78 is 14.5. The Balaban J connectivity index is 1.67. The number of nitro groups is 1. The van der Waals surface area contributed by atoms with Crippen molar-refractivity contribution in [2.45, 2.75) is 37.8 Å². The van der Waals surface area contributed by atoms with Crippen LogP contribution >= 0.6 is 50.9 Å². The van der Waals surface area contributed by atoms with Gasteiger partial charge in [0.25, 0.3) is 0 Å². The van der Waals surface area contributed by atoms with Gasteiger partial charge in [-0.1, -0.05) is 58.7 Å². The number of benzene rings is 3. The molecule has 8 nitrogen and oxygen atoms in total. The van der Waals surface area contributed by atoms with Crippen LogP contribution < -0.4 is 9.47 Å². The van der Waals surface area contributed by atoms with Crippen molar-refractivity contribution in [2.24, 2.45) is 0 Å².